The summed E-state index contributed by atoms with van der Waals surface area (Å²) >= 11 is 0. The molecule has 0 aromatic carbocycles. The highest BCUT2D eigenvalue weighted by Crippen LogP contribution is 2.79. The fourth-order valence-electron chi connectivity index (χ4n) is 14.9. The van der Waals surface area contributed by atoms with Crippen LogP contribution >= 0.6 is 17.2 Å². The lowest BCUT2D eigenvalue weighted by Gasteiger charge is -2.68. The molecule has 8 saturated carbocycles. The summed E-state index contributed by atoms with van der Waals surface area (Å²) in [5.41, 5.74) is 6.66. The fraction of sp³-hybridized carbons (Fsp3) is 0.767. The summed E-state index contributed by atoms with van der Waals surface area (Å²) in [5.74, 6) is 6.35. The van der Waals surface area contributed by atoms with Gasteiger partial charge in [-0.1, -0.05) is 57.2 Å². The van der Waals surface area contributed by atoms with Crippen LogP contribution in [0.15, 0.2) is 58.7 Å². The van der Waals surface area contributed by atoms with E-state index >= 15 is 0 Å². The van der Waals surface area contributed by atoms with Crippen molar-refractivity contribution in [3.63, 3.8) is 0 Å². The molecule has 2 N–H and O–H groups in total. The molecule has 47 heavy (non-hydrogen) atoms. The van der Waals surface area contributed by atoms with E-state index in [9.17, 15) is 0 Å². The Morgan fingerprint density at radius 2 is 1.19 bits per heavy atom. The lowest BCUT2D eigenvalue weighted by Crippen LogP contribution is -2.61. The van der Waals surface area contributed by atoms with Gasteiger partial charge in [0.15, 0.2) is 0 Å². The minimum atomic E-state index is -0.0788. The van der Waals surface area contributed by atoms with Gasteiger partial charge in [0.2, 0.25) is 0 Å². The molecule has 254 valence electrons. The topological polar surface area (TPSA) is 24.1 Å². The van der Waals surface area contributed by atoms with Crippen molar-refractivity contribution in [2.45, 2.75) is 150 Å². The molecular weight excluding hydrogens is 606 g/mol. The summed E-state index contributed by atoms with van der Waals surface area (Å²) in [7, 11) is 3.56. The predicted molar refractivity (Wildman–Crippen MR) is 203 cm³/mol. The van der Waals surface area contributed by atoms with E-state index in [-0.39, 0.29) is 13.1 Å². The van der Waals surface area contributed by atoms with Crippen LogP contribution < -0.4 is 10.6 Å². The van der Waals surface area contributed by atoms with Gasteiger partial charge in [0, 0.05) is 17.2 Å². The van der Waals surface area contributed by atoms with Gasteiger partial charge in [-0.15, -0.1) is 9.24 Å². The maximum atomic E-state index is 4.15. The minimum Gasteiger partial charge on any atom is -0.313 e. The van der Waals surface area contributed by atoms with Crippen molar-refractivity contribution in [1.29, 1.82) is 0 Å². The minimum absolute atomic E-state index is 0.0626. The molecule has 4 heteroatoms. The predicted octanol–water partition coefficient (Wildman–Crippen LogP) is 9.98. The molecule has 8 bridgehead atoms. The van der Waals surface area contributed by atoms with Gasteiger partial charge < -0.3 is 10.6 Å². The number of piperidine rings is 2. The van der Waals surface area contributed by atoms with E-state index in [4.69, 9.17) is 0 Å². The highest BCUT2D eigenvalue weighted by atomic mass is 31.1. The molecule has 0 spiro atoms. The average molecular weight is 669 g/mol. The van der Waals surface area contributed by atoms with Crippen molar-refractivity contribution in [2.24, 2.45) is 35.5 Å². The van der Waals surface area contributed by atoms with E-state index in [0.29, 0.717) is 22.4 Å². The third kappa shape index (κ3) is 5.29. The Morgan fingerprint density at radius 1 is 0.681 bits per heavy atom. The quantitative estimate of drug-likeness (QED) is 0.264. The Kier molecular flexibility index (Phi) is 8.00. The largest absolute Gasteiger partial charge is 0.313 e. The Hall–Kier alpha value is -0.520. The van der Waals surface area contributed by atoms with E-state index in [2.05, 4.69) is 56.3 Å². The first kappa shape index (κ1) is 31.2. The molecule has 10 fully saturated rings. The Bertz CT molecular complexity index is 1270. The molecule has 12 rings (SSSR count). The van der Waals surface area contributed by atoms with Crippen LogP contribution in [0.5, 0.6) is 0 Å². The van der Waals surface area contributed by atoms with Crippen molar-refractivity contribution in [1.82, 2.24) is 10.6 Å². The zero-order valence-corrected chi connectivity index (χ0v) is 31.2. The van der Waals surface area contributed by atoms with Crippen LogP contribution in [-0.4, -0.2) is 46.8 Å². The molecule has 3 atom stereocenters. The highest BCUT2D eigenvalue weighted by Gasteiger charge is 2.63. The van der Waals surface area contributed by atoms with Gasteiger partial charge in [0.25, 0.3) is 0 Å². The van der Waals surface area contributed by atoms with E-state index in [1.54, 1.807) is 93.8 Å². The van der Waals surface area contributed by atoms with Gasteiger partial charge in [-0.2, -0.15) is 0 Å². The molecule has 2 aliphatic heterocycles. The monoisotopic (exact) mass is 668 g/mol. The molecule has 3 unspecified atom stereocenters. The van der Waals surface area contributed by atoms with Crippen LogP contribution in [0.1, 0.15) is 122 Å². The summed E-state index contributed by atoms with van der Waals surface area (Å²) in [6.45, 7) is 2.38. The number of hydrogen-bond donors (Lipinski definition) is 2. The zero-order chi connectivity index (χ0) is 31.2. The maximum Gasteiger partial charge on any atom is 0.0405 e. The summed E-state index contributed by atoms with van der Waals surface area (Å²) < 4.78 is 0. The Labute approximate surface area is 289 Å². The second-order valence-electron chi connectivity index (χ2n) is 19.0. The van der Waals surface area contributed by atoms with Crippen molar-refractivity contribution in [2.75, 3.05) is 19.3 Å². The SMILES string of the molecule is PC(C1=CC(=C2C=CC=CC2)C=C1CP(C12CC3CC(CC(C3)C1)C2)C12CC3CC(CC(C3)C1)C2)(C1CCCCN1)C1CCCCN1. The lowest BCUT2D eigenvalue weighted by atomic mass is 9.55. The third-order valence-electron chi connectivity index (χ3n) is 16.0. The Balaban J connectivity index is 1.10. The van der Waals surface area contributed by atoms with Crippen LogP contribution in [-0.2, 0) is 0 Å². The van der Waals surface area contributed by atoms with Gasteiger partial charge in [0.1, 0.15) is 0 Å². The summed E-state index contributed by atoms with van der Waals surface area (Å²) in [6, 6.07) is 1.09. The van der Waals surface area contributed by atoms with Crippen LogP contribution in [0.2, 0.25) is 0 Å². The number of nitrogens with one attached hydrogen (secondary N) is 2. The molecule has 12 aliphatic rings. The highest BCUT2D eigenvalue weighted by molar-refractivity contribution is 7.61. The van der Waals surface area contributed by atoms with Gasteiger partial charge in [-0.25, -0.2) is 0 Å². The molecule has 0 radical (unpaired) electrons. The number of hydrogen-bond acceptors (Lipinski definition) is 2. The first-order valence-electron chi connectivity index (χ1n) is 20.5. The number of rotatable bonds is 7. The molecule has 10 aliphatic carbocycles. The summed E-state index contributed by atoms with van der Waals surface area (Å²) in [6.07, 6.45) is 44.7. The average Bonchev–Trinajstić information content (AvgIpc) is 3.51. The summed E-state index contributed by atoms with van der Waals surface area (Å²) in [4.78, 5) is 0. The molecule has 0 amide bonds. The lowest BCUT2D eigenvalue weighted by molar-refractivity contribution is 0.0187. The third-order valence-corrected chi connectivity index (χ3v) is 21.1. The second-order valence-corrected chi connectivity index (χ2v) is 23.0. The van der Waals surface area contributed by atoms with Crippen LogP contribution in [0.4, 0.5) is 0 Å². The second kappa shape index (κ2) is 12.0. The zero-order valence-electron chi connectivity index (χ0n) is 29.2. The van der Waals surface area contributed by atoms with Crippen molar-refractivity contribution >= 4 is 17.2 Å². The first-order chi connectivity index (χ1) is 23.0. The van der Waals surface area contributed by atoms with E-state index in [1.165, 1.54) is 57.8 Å². The fourth-order valence-corrected chi connectivity index (χ4v) is 20.9. The van der Waals surface area contributed by atoms with E-state index in [0.717, 1.165) is 41.9 Å². The van der Waals surface area contributed by atoms with Gasteiger partial charge in [-0.05, 0) is 197 Å². The standard InChI is InChI=1S/C43H62N2P2/c46-43(39-10-4-6-12-44-39,40-11-5-7-13-45-40)38-21-36(35-8-2-1-3-9-35)20-37(38)28-47(41-22-29-14-30(23-41)16-31(15-29)24-41)42-25-32-17-33(26-42)19-34(18-32)27-42/h1-3,8,20-21,29-34,39-40,44-45H,4-7,9-19,22-28,46H2. The first-order valence-corrected chi connectivity index (χ1v) is 22.6. The van der Waals surface area contributed by atoms with Gasteiger partial charge >= 0.3 is 0 Å². The van der Waals surface area contributed by atoms with Gasteiger partial charge in [0.05, 0.1) is 0 Å². The molecule has 0 aromatic rings. The number of allylic oxidation sites excluding steroid dienone is 9. The van der Waals surface area contributed by atoms with Crippen molar-refractivity contribution in [3.05, 3.63) is 58.7 Å². The van der Waals surface area contributed by atoms with Gasteiger partial charge in [-0.3, -0.25) is 0 Å². The van der Waals surface area contributed by atoms with Crippen molar-refractivity contribution in [3.8, 4) is 0 Å². The smallest absolute Gasteiger partial charge is 0.0405 e. The van der Waals surface area contributed by atoms with Crippen LogP contribution in [0.3, 0.4) is 0 Å². The molecule has 2 nitrogen and oxygen atoms in total. The molecule has 0 aromatic heterocycles. The summed E-state index contributed by atoms with van der Waals surface area (Å²) in [5, 5.41) is 9.73. The van der Waals surface area contributed by atoms with Crippen LogP contribution in [0.25, 0.3) is 0 Å². The molecule has 2 saturated heterocycles. The Morgan fingerprint density at radius 3 is 1.62 bits per heavy atom. The molecular formula is C43H62N2P2. The van der Waals surface area contributed by atoms with Crippen LogP contribution in [0, 0.1) is 35.5 Å². The maximum absolute atomic E-state index is 4.15. The molecule has 2 heterocycles. The van der Waals surface area contributed by atoms with E-state index < -0.39 is 0 Å². The van der Waals surface area contributed by atoms with Crippen molar-refractivity contribution < 1.29 is 0 Å². The van der Waals surface area contributed by atoms with E-state index in [1.807, 2.05) is 5.57 Å². The normalized spacial score (nSPS) is 48.4.